The topological polar surface area (TPSA) is 36.4 Å². The van der Waals surface area contributed by atoms with Crippen LogP contribution in [0.5, 0.6) is 0 Å². The highest BCUT2D eigenvalue weighted by atomic mass is 15.2. The summed E-state index contributed by atoms with van der Waals surface area (Å²) >= 11 is 0. The Balaban J connectivity index is 1.48. The van der Waals surface area contributed by atoms with Crippen LogP contribution in [-0.2, 0) is 6.42 Å². The van der Waals surface area contributed by atoms with Gasteiger partial charge in [-0.2, -0.15) is 0 Å². The van der Waals surface area contributed by atoms with E-state index in [0.717, 1.165) is 31.4 Å². The van der Waals surface area contributed by atoms with Crippen molar-refractivity contribution in [3.8, 4) is 0 Å². The van der Waals surface area contributed by atoms with Gasteiger partial charge in [-0.25, -0.2) is 0 Å². The van der Waals surface area contributed by atoms with Crippen molar-refractivity contribution in [3.05, 3.63) is 35.9 Å². The van der Waals surface area contributed by atoms with E-state index in [4.69, 9.17) is 0 Å². The predicted molar refractivity (Wildman–Crippen MR) is 70.1 cm³/mol. The van der Waals surface area contributed by atoms with Gasteiger partial charge >= 0.3 is 0 Å². The van der Waals surface area contributed by atoms with Crippen LogP contribution < -0.4 is 10.6 Å². The van der Waals surface area contributed by atoms with Crippen molar-refractivity contribution >= 4 is 5.96 Å². The minimum atomic E-state index is 0.625. The van der Waals surface area contributed by atoms with Crippen LogP contribution in [-0.4, -0.2) is 25.1 Å². The minimum Gasteiger partial charge on any atom is -0.356 e. The van der Waals surface area contributed by atoms with Crippen LogP contribution in [0.2, 0.25) is 0 Å². The van der Waals surface area contributed by atoms with Gasteiger partial charge in [0.2, 0.25) is 0 Å². The summed E-state index contributed by atoms with van der Waals surface area (Å²) < 4.78 is 0. The molecule has 1 fully saturated rings. The standard InChI is InChI=1S/C14H19N3/c1-2-5-11(6-3-1)9-12-10-13(12)17-14-15-7-4-8-16-14/h1-3,5-6,12-13H,4,7-10H2,(H2,15,16,17). The largest absolute Gasteiger partial charge is 0.356 e. The van der Waals surface area contributed by atoms with Gasteiger partial charge in [0.1, 0.15) is 0 Å². The molecule has 3 rings (SSSR count). The number of rotatable bonds is 3. The molecule has 0 saturated heterocycles. The molecule has 2 aliphatic rings. The summed E-state index contributed by atoms with van der Waals surface area (Å²) in [6.45, 7) is 2.02. The summed E-state index contributed by atoms with van der Waals surface area (Å²) in [7, 11) is 0. The molecule has 2 atom stereocenters. The first kappa shape index (κ1) is 10.6. The van der Waals surface area contributed by atoms with E-state index in [1.165, 1.54) is 18.4 Å². The van der Waals surface area contributed by atoms with Crippen LogP contribution in [0.3, 0.4) is 0 Å². The zero-order valence-corrected chi connectivity index (χ0v) is 10.0. The number of hydrogen-bond donors (Lipinski definition) is 2. The van der Waals surface area contributed by atoms with Crippen molar-refractivity contribution < 1.29 is 0 Å². The number of aliphatic imine (C=N–C) groups is 1. The molecule has 1 aromatic rings. The fourth-order valence-electron chi connectivity index (χ4n) is 2.37. The van der Waals surface area contributed by atoms with Crippen LogP contribution in [0.1, 0.15) is 18.4 Å². The first-order valence-corrected chi connectivity index (χ1v) is 6.50. The Kier molecular flexibility index (Phi) is 2.99. The number of nitrogens with one attached hydrogen (secondary N) is 2. The monoisotopic (exact) mass is 229 g/mol. The Labute approximate surface area is 102 Å². The third kappa shape index (κ3) is 2.78. The zero-order valence-electron chi connectivity index (χ0n) is 10.0. The summed E-state index contributed by atoms with van der Waals surface area (Å²) in [6.07, 6.45) is 3.62. The zero-order chi connectivity index (χ0) is 11.5. The van der Waals surface area contributed by atoms with Gasteiger partial charge < -0.3 is 10.6 Å². The van der Waals surface area contributed by atoms with Gasteiger partial charge in [0.15, 0.2) is 5.96 Å². The van der Waals surface area contributed by atoms with Crippen LogP contribution >= 0.6 is 0 Å². The molecule has 17 heavy (non-hydrogen) atoms. The highest BCUT2D eigenvalue weighted by Crippen LogP contribution is 2.33. The van der Waals surface area contributed by atoms with Crippen molar-refractivity contribution in [1.29, 1.82) is 0 Å². The second-order valence-electron chi connectivity index (χ2n) is 4.95. The maximum absolute atomic E-state index is 4.45. The SMILES string of the molecule is c1ccc(CC2CC2NC2=NCCCN2)cc1. The number of benzene rings is 1. The number of guanidine groups is 1. The Morgan fingerprint density at radius 2 is 2.18 bits per heavy atom. The van der Waals surface area contributed by atoms with E-state index in [1.807, 2.05) is 0 Å². The van der Waals surface area contributed by atoms with Gasteiger partial charge in [-0.3, -0.25) is 4.99 Å². The average molecular weight is 229 g/mol. The van der Waals surface area contributed by atoms with Gasteiger partial charge in [-0.15, -0.1) is 0 Å². The molecule has 0 aromatic heterocycles. The molecule has 3 heteroatoms. The van der Waals surface area contributed by atoms with Crippen LogP contribution in [0.4, 0.5) is 0 Å². The third-order valence-corrected chi connectivity index (χ3v) is 3.48. The average Bonchev–Trinajstić information content (AvgIpc) is 3.10. The van der Waals surface area contributed by atoms with E-state index in [2.05, 4.69) is 46.0 Å². The Morgan fingerprint density at radius 1 is 1.29 bits per heavy atom. The van der Waals surface area contributed by atoms with Crippen molar-refractivity contribution in [2.75, 3.05) is 13.1 Å². The molecule has 1 aliphatic heterocycles. The summed E-state index contributed by atoms with van der Waals surface area (Å²) in [5, 5.41) is 6.82. The molecule has 2 N–H and O–H groups in total. The van der Waals surface area contributed by atoms with Gasteiger partial charge in [0.25, 0.3) is 0 Å². The first-order chi connectivity index (χ1) is 8.42. The maximum atomic E-state index is 4.45. The van der Waals surface area contributed by atoms with Crippen LogP contribution in [0.25, 0.3) is 0 Å². The summed E-state index contributed by atoms with van der Waals surface area (Å²) in [5.41, 5.74) is 1.44. The lowest BCUT2D eigenvalue weighted by Gasteiger charge is -2.15. The van der Waals surface area contributed by atoms with Crippen LogP contribution in [0.15, 0.2) is 35.3 Å². The molecule has 1 heterocycles. The molecule has 0 amide bonds. The summed E-state index contributed by atoms with van der Waals surface area (Å²) in [5.74, 6) is 1.79. The molecular formula is C14H19N3. The molecule has 90 valence electrons. The van der Waals surface area contributed by atoms with E-state index in [0.29, 0.717) is 6.04 Å². The summed E-state index contributed by atoms with van der Waals surface area (Å²) in [4.78, 5) is 4.45. The molecule has 1 aromatic carbocycles. The molecule has 2 unspecified atom stereocenters. The summed E-state index contributed by atoms with van der Waals surface area (Å²) in [6, 6.07) is 11.4. The highest BCUT2D eigenvalue weighted by Gasteiger charge is 2.37. The Bertz CT molecular complexity index is 399. The molecule has 0 bridgehead atoms. The van der Waals surface area contributed by atoms with Crippen LogP contribution in [0, 0.1) is 5.92 Å². The minimum absolute atomic E-state index is 0.625. The Hall–Kier alpha value is -1.51. The van der Waals surface area contributed by atoms with Gasteiger partial charge in [0.05, 0.1) is 0 Å². The molecule has 3 nitrogen and oxygen atoms in total. The second kappa shape index (κ2) is 4.78. The van der Waals surface area contributed by atoms with E-state index in [9.17, 15) is 0 Å². The molecule has 0 spiro atoms. The molecular weight excluding hydrogens is 210 g/mol. The molecule has 1 saturated carbocycles. The third-order valence-electron chi connectivity index (χ3n) is 3.48. The molecule has 1 aliphatic carbocycles. The predicted octanol–water partition coefficient (Wildman–Crippen LogP) is 1.56. The fraction of sp³-hybridized carbons (Fsp3) is 0.500. The Morgan fingerprint density at radius 3 is 2.94 bits per heavy atom. The van der Waals surface area contributed by atoms with Crippen molar-refractivity contribution in [3.63, 3.8) is 0 Å². The van der Waals surface area contributed by atoms with E-state index in [-0.39, 0.29) is 0 Å². The number of hydrogen-bond acceptors (Lipinski definition) is 3. The quantitative estimate of drug-likeness (QED) is 0.825. The highest BCUT2D eigenvalue weighted by molar-refractivity contribution is 5.80. The van der Waals surface area contributed by atoms with E-state index in [1.54, 1.807) is 0 Å². The maximum Gasteiger partial charge on any atom is 0.191 e. The normalized spacial score (nSPS) is 26.9. The molecule has 0 radical (unpaired) electrons. The lowest BCUT2D eigenvalue weighted by atomic mass is 10.1. The van der Waals surface area contributed by atoms with Crippen molar-refractivity contribution in [2.24, 2.45) is 10.9 Å². The van der Waals surface area contributed by atoms with Gasteiger partial charge in [-0.05, 0) is 30.7 Å². The van der Waals surface area contributed by atoms with Crippen molar-refractivity contribution in [2.45, 2.75) is 25.3 Å². The smallest absolute Gasteiger partial charge is 0.191 e. The lowest BCUT2D eigenvalue weighted by molar-refractivity contribution is 0.677. The van der Waals surface area contributed by atoms with Gasteiger partial charge in [0, 0.05) is 19.1 Å². The van der Waals surface area contributed by atoms with E-state index < -0.39 is 0 Å². The lowest BCUT2D eigenvalue weighted by Crippen LogP contribution is -2.42. The second-order valence-corrected chi connectivity index (χ2v) is 4.95. The van der Waals surface area contributed by atoms with E-state index >= 15 is 0 Å². The van der Waals surface area contributed by atoms with Gasteiger partial charge in [-0.1, -0.05) is 30.3 Å². The van der Waals surface area contributed by atoms with Crippen molar-refractivity contribution in [1.82, 2.24) is 10.6 Å². The fourth-order valence-corrected chi connectivity index (χ4v) is 2.37. The first-order valence-electron chi connectivity index (χ1n) is 6.50. The number of nitrogens with zero attached hydrogens (tertiary/aromatic N) is 1.